The Morgan fingerprint density at radius 3 is 2.41 bits per heavy atom. The van der Waals surface area contributed by atoms with Crippen LogP contribution in [0.25, 0.3) is 11.4 Å². The molecular formula is C13H16N4. The summed E-state index contributed by atoms with van der Waals surface area (Å²) in [7, 11) is 0. The number of nitrogen functional groups attached to an aromatic ring is 1. The fourth-order valence-corrected chi connectivity index (χ4v) is 1.55. The van der Waals surface area contributed by atoms with E-state index in [0.717, 1.165) is 11.3 Å². The van der Waals surface area contributed by atoms with Crippen LogP contribution in [0.5, 0.6) is 0 Å². The van der Waals surface area contributed by atoms with Gasteiger partial charge in [0.2, 0.25) is 0 Å². The van der Waals surface area contributed by atoms with Crippen LogP contribution in [-0.2, 0) is 0 Å². The zero-order chi connectivity index (χ0) is 12.3. The third-order valence-electron chi connectivity index (χ3n) is 2.52. The summed E-state index contributed by atoms with van der Waals surface area (Å²) in [6, 6.07) is 11.8. The number of nitrogens with one attached hydrogen (secondary N) is 1. The van der Waals surface area contributed by atoms with Gasteiger partial charge in [-0.15, -0.1) is 0 Å². The molecule has 17 heavy (non-hydrogen) atoms. The summed E-state index contributed by atoms with van der Waals surface area (Å²) in [5, 5.41) is 0. The molecule has 3 N–H and O–H groups in total. The Morgan fingerprint density at radius 2 is 1.82 bits per heavy atom. The molecule has 0 aliphatic rings. The van der Waals surface area contributed by atoms with Crippen molar-refractivity contribution in [2.24, 2.45) is 5.84 Å². The highest BCUT2D eigenvalue weighted by Crippen LogP contribution is 2.21. The zero-order valence-electron chi connectivity index (χ0n) is 10.0. The predicted molar refractivity (Wildman–Crippen MR) is 69.4 cm³/mol. The second-order valence-corrected chi connectivity index (χ2v) is 4.17. The average Bonchev–Trinajstić information content (AvgIpc) is 2.39. The lowest BCUT2D eigenvalue weighted by Crippen LogP contribution is -2.11. The Hall–Kier alpha value is -1.94. The van der Waals surface area contributed by atoms with Crippen molar-refractivity contribution in [2.45, 2.75) is 19.8 Å². The Balaban J connectivity index is 2.50. The van der Waals surface area contributed by atoms with Gasteiger partial charge in [-0.2, -0.15) is 0 Å². The van der Waals surface area contributed by atoms with Crippen LogP contribution in [0.1, 0.15) is 25.5 Å². The Morgan fingerprint density at radius 1 is 1.12 bits per heavy atom. The highest BCUT2D eigenvalue weighted by Gasteiger charge is 2.08. The van der Waals surface area contributed by atoms with E-state index < -0.39 is 0 Å². The minimum absolute atomic E-state index is 0.340. The van der Waals surface area contributed by atoms with Crippen molar-refractivity contribution in [3.8, 4) is 11.4 Å². The molecule has 0 aliphatic carbocycles. The van der Waals surface area contributed by atoms with E-state index in [9.17, 15) is 0 Å². The van der Waals surface area contributed by atoms with Gasteiger partial charge in [0.05, 0.1) is 0 Å². The first kappa shape index (κ1) is 11.5. The first-order valence-electron chi connectivity index (χ1n) is 5.61. The molecule has 0 amide bonds. The van der Waals surface area contributed by atoms with Gasteiger partial charge in [-0.1, -0.05) is 44.2 Å². The van der Waals surface area contributed by atoms with E-state index in [1.54, 1.807) is 0 Å². The van der Waals surface area contributed by atoms with E-state index in [2.05, 4.69) is 29.2 Å². The van der Waals surface area contributed by atoms with Gasteiger partial charge in [-0.25, -0.2) is 15.8 Å². The van der Waals surface area contributed by atoms with E-state index in [4.69, 9.17) is 5.84 Å². The first-order valence-corrected chi connectivity index (χ1v) is 5.61. The molecule has 0 bridgehead atoms. The number of hydrogen-bond donors (Lipinski definition) is 2. The average molecular weight is 228 g/mol. The second kappa shape index (κ2) is 4.93. The summed E-state index contributed by atoms with van der Waals surface area (Å²) in [5.74, 6) is 7.11. The number of aromatic nitrogens is 2. The second-order valence-electron chi connectivity index (χ2n) is 4.17. The van der Waals surface area contributed by atoms with Crippen LogP contribution in [0.2, 0.25) is 0 Å². The van der Waals surface area contributed by atoms with Crippen LogP contribution >= 0.6 is 0 Å². The van der Waals surface area contributed by atoms with Crippen LogP contribution in [0.3, 0.4) is 0 Å². The van der Waals surface area contributed by atoms with Gasteiger partial charge in [-0.05, 0) is 5.92 Å². The SMILES string of the molecule is CC(C)c1cc(NN)nc(-c2ccccc2)n1. The number of anilines is 1. The Kier molecular flexibility index (Phi) is 3.35. The van der Waals surface area contributed by atoms with Crippen molar-refractivity contribution < 1.29 is 0 Å². The van der Waals surface area contributed by atoms with Crippen molar-refractivity contribution >= 4 is 5.82 Å². The van der Waals surface area contributed by atoms with Crippen LogP contribution in [0.15, 0.2) is 36.4 Å². The number of hydrazine groups is 1. The van der Waals surface area contributed by atoms with Gasteiger partial charge in [0.15, 0.2) is 5.82 Å². The number of nitrogens with two attached hydrogens (primary N) is 1. The highest BCUT2D eigenvalue weighted by atomic mass is 15.3. The van der Waals surface area contributed by atoms with E-state index in [1.165, 1.54) is 0 Å². The molecule has 0 aliphatic heterocycles. The van der Waals surface area contributed by atoms with Crippen molar-refractivity contribution in [2.75, 3.05) is 5.43 Å². The molecule has 2 aromatic rings. The minimum atomic E-state index is 0.340. The van der Waals surface area contributed by atoms with Crippen molar-refractivity contribution in [1.29, 1.82) is 0 Å². The summed E-state index contributed by atoms with van der Waals surface area (Å²) in [4.78, 5) is 8.90. The third kappa shape index (κ3) is 2.60. The maximum atomic E-state index is 5.43. The van der Waals surface area contributed by atoms with Crippen LogP contribution in [0, 0.1) is 0 Å². The molecule has 1 aromatic carbocycles. The fourth-order valence-electron chi connectivity index (χ4n) is 1.55. The fraction of sp³-hybridized carbons (Fsp3) is 0.231. The quantitative estimate of drug-likeness (QED) is 0.626. The van der Waals surface area contributed by atoms with Gasteiger partial charge in [0, 0.05) is 17.3 Å². The summed E-state index contributed by atoms with van der Waals surface area (Å²) >= 11 is 0. The zero-order valence-corrected chi connectivity index (χ0v) is 10.0. The molecule has 1 aromatic heterocycles. The van der Waals surface area contributed by atoms with Gasteiger partial charge < -0.3 is 5.43 Å². The van der Waals surface area contributed by atoms with Crippen molar-refractivity contribution in [3.05, 3.63) is 42.1 Å². The summed E-state index contributed by atoms with van der Waals surface area (Å²) in [5.41, 5.74) is 4.55. The predicted octanol–water partition coefficient (Wildman–Crippen LogP) is 2.55. The maximum absolute atomic E-state index is 5.43. The van der Waals surface area contributed by atoms with Crippen LogP contribution < -0.4 is 11.3 Å². The van der Waals surface area contributed by atoms with E-state index in [0.29, 0.717) is 17.6 Å². The molecule has 0 unspecified atom stereocenters. The van der Waals surface area contributed by atoms with Crippen LogP contribution in [-0.4, -0.2) is 9.97 Å². The van der Waals surface area contributed by atoms with Crippen LogP contribution in [0.4, 0.5) is 5.82 Å². The highest BCUT2D eigenvalue weighted by molar-refractivity contribution is 5.57. The van der Waals surface area contributed by atoms with Gasteiger partial charge in [0.25, 0.3) is 0 Å². The van der Waals surface area contributed by atoms with Gasteiger partial charge in [-0.3, -0.25) is 0 Å². The lowest BCUT2D eigenvalue weighted by molar-refractivity contribution is 0.817. The molecule has 4 heteroatoms. The van der Waals surface area contributed by atoms with Gasteiger partial charge in [0.1, 0.15) is 5.82 Å². The van der Waals surface area contributed by atoms with Crippen molar-refractivity contribution in [1.82, 2.24) is 9.97 Å². The molecule has 0 radical (unpaired) electrons. The summed E-state index contributed by atoms with van der Waals surface area (Å²) < 4.78 is 0. The van der Waals surface area contributed by atoms with E-state index >= 15 is 0 Å². The molecular weight excluding hydrogens is 212 g/mol. The molecule has 2 rings (SSSR count). The molecule has 0 saturated heterocycles. The number of rotatable bonds is 3. The molecule has 0 spiro atoms. The monoisotopic (exact) mass is 228 g/mol. The Bertz CT molecular complexity index is 494. The molecule has 88 valence electrons. The molecule has 0 fully saturated rings. The minimum Gasteiger partial charge on any atom is -0.308 e. The smallest absolute Gasteiger partial charge is 0.161 e. The molecule has 4 nitrogen and oxygen atoms in total. The third-order valence-corrected chi connectivity index (χ3v) is 2.52. The largest absolute Gasteiger partial charge is 0.308 e. The van der Waals surface area contributed by atoms with E-state index in [-0.39, 0.29) is 0 Å². The normalized spacial score (nSPS) is 10.6. The number of nitrogens with zero attached hydrogens (tertiary/aromatic N) is 2. The molecule has 0 saturated carbocycles. The molecule has 1 heterocycles. The summed E-state index contributed by atoms with van der Waals surface area (Å²) in [6.45, 7) is 4.19. The van der Waals surface area contributed by atoms with E-state index in [1.807, 2.05) is 36.4 Å². The first-order chi connectivity index (χ1) is 8.20. The topological polar surface area (TPSA) is 63.8 Å². The van der Waals surface area contributed by atoms with Crippen molar-refractivity contribution in [3.63, 3.8) is 0 Å². The lowest BCUT2D eigenvalue weighted by atomic mass is 10.1. The molecule has 0 atom stereocenters. The summed E-state index contributed by atoms with van der Waals surface area (Å²) in [6.07, 6.45) is 0. The number of benzene rings is 1. The van der Waals surface area contributed by atoms with Gasteiger partial charge >= 0.3 is 0 Å². The standard InChI is InChI=1S/C13H16N4/c1-9(2)11-8-12(17-14)16-13(15-11)10-6-4-3-5-7-10/h3-9H,14H2,1-2H3,(H,15,16,17). The number of hydrogen-bond acceptors (Lipinski definition) is 4. The Labute approximate surface area is 101 Å². The lowest BCUT2D eigenvalue weighted by Gasteiger charge is -2.09. The maximum Gasteiger partial charge on any atom is 0.161 e.